The van der Waals surface area contributed by atoms with E-state index in [1.807, 2.05) is 75.4 Å². The molecule has 0 amide bonds. The molecule has 0 aliphatic carbocycles. The van der Waals surface area contributed by atoms with Gasteiger partial charge in [-0.15, -0.1) is 0 Å². The van der Waals surface area contributed by atoms with Gasteiger partial charge in [-0.3, -0.25) is 4.79 Å². The lowest BCUT2D eigenvalue weighted by Gasteiger charge is -2.19. The highest BCUT2D eigenvalue weighted by Gasteiger charge is 2.30. The van der Waals surface area contributed by atoms with E-state index in [-0.39, 0.29) is 22.8 Å². The summed E-state index contributed by atoms with van der Waals surface area (Å²) in [6, 6.07) is 26.0. The Bertz CT molecular complexity index is 2380. The van der Waals surface area contributed by atoms with Crippen LogP contribution in [0.3, 0.4) is 0 Å². The number of ketones is 1. The maximum Gasteiger partial charge on any atom is 0.422 e. The summed E-state index contributed by atoms with van der Waals surface area (Å²) < 4.78 is 47.4. The van der Waals surface area contributed by atoms with Crippen molar-refractivity contribution in [1.82, 2.24) is 4.57 Å². The average Bonchev–Trinajstić information content (AvgIpc) is 3.44. The van der Waals surface area contributed by atoms with E-state index in [2.05, 4.69) is 29.6 Å². The van der Waals surface area contributed by atoms with Crippen LogP contribution in [0.4, 0.5) is 13.2 Å². The lowest BCUT2D eigenvalue weighted by atomic mass is 9.89. The van der Waals surface area contributed by atoms with Crippen LogP contribution in [0.1, 0.15) is 90.2 Å². The van der Waals surface area contributed by atoms with Gasteiger partial charge in [0.05, 0.1) is 5.52 Å². The number of hydrogen-bond donors (Lipinski definition) is 0. The van der Waals surface area contributed by atoms with Crippen LogP contribution in [0.25, 0.3) is 32.6 Å². The summed E-state index contributed by atoms with van der Waals surface area (Å²) in [5, 5.41) is 7.65. The van der Waals surface area contributed by atoms with Crippen molar-refractivity contribution < 1.29 is 32.3 Å². The van der Waals surface area contributed by atoms with E-state index in [4.69, 9.17) is 9.57 Å². The molecule has 1 aromatic heterocycles. The summed E-state index contributed by atoms with van der Waals surface area (Å²) in [5.41, 5.74) is 6.94. The number of nitrogens with zero attached hydrogens (tertiary/aromatic N) is 2. The molecule has 0 saturated carbocycles. The minimum Gasteiger partial charge on any atom is -0.483 e. The topological polar surface area (TPSA) is 69.9 Å². The van der Waals surface area contributed by atoms with Gasteiger partial charge in [-0.2, -0.15) is 13.2 Å². The summed E-state index contributed by atoms with van der Waals surface area (Å²) in [4.78, 5) is 31.8. The van der Waals surface area contributed by atoms with Crippen LogP contribution < -0.4 is 4.74 Å². The number of rotatable bonds is 13. The molecule has 0 saturated heterocycles. The second-order valence-electron chi connectivity index (χ2n) is 14.2. The van der Waals surface area contributed by atoms with Gasteiger partial charge in [0.2, 0.25) is 0 Å². The number of unbranched alkanes of at least 4 members (excludes halogenated alkanes) is 1. The standard InChI is InChI=1S/C45H45F3N2O4/c1-7-9-14-31(8-2)25-50-39-20-19-32(42(49-54-30(6)51)35-17-12-13-18-40(35)53-26-45(46,47)48)23-36(39)37-24-38(33-15-10-11-16-34(33)43(37)50)44(52)41-28(4)21-27(3)22-29(41)5/h10-13,15-24,31H,7-9,14,25-26H2,1-6H3/b49-42+. The number of hydrogen-bond acceptors (Lipinski definition) is 5. The molecule has 6 rings (SSSR count). The Kier molecular flexibility index (Phi) is 11.3. The first-order valence-electron chi connectivity index (χ1n) is 18.5. The van der Waals surface area contributed by atoms with Gasteiger partial charge in [-0.05, 0) is 80.0 Å². The van der Waals surface area contributed by atoms with Gasteiger partial charge in [0.1, 0.15) is 11.5 Å². The molecule has 0 radical (unpaired) electrons. The van der Waals surface area contributed by atoms with Crippen molar-refractivity contribution in [2.24, 2.45) is 11.1 Å². The van der Waals surface area contributed by atoms with E-state index in [0.29, 0.717) is 22.6 Å². The molecular weight excluding hydrogens is 689 g/mol. The minimum absolute atomic E-state index is 0.0623. The van der Waals surface area contributed by atoms with Crippen molar-refractivity contribution in [3.63, 3.8) is 0 Å². The third-order valence-corrected chi connectivity index (χ3v) is 10.1. The zero-order chi connectivity index (χ0) is 38.7. The number of oxime groups is 1. The Balaban J connectivity index is 1.65. The van der Waals surface area contributed by atoms with E-state index < -0.39 is 18.8 Å². The fraction of sp³-hybridized carbons (Fsp3) is 0.311. The first kappa shape index (κ1) is 38.3. The zero-order valence-electron chi connectivity index (χ0n) is 31.6. The van der Waals surface area contributed by atoms with Gasteiger partial charge in [0.15, 0.2) is 12.4 Å². The van der Waals surface area contributed by atoms with Gasteiger partial charge in [-0.1, -0.05) is 98.4 Å². The highest BCUT2D eigenvalue weighted by Crippen LogP contribution is 2.39. The largest absolute Gasteiger partial charge is 0.483 e. The molecule has 9 heteroatoms. The Hall–Kier alpha value is -5.44. The fourth-order valence-electron chi connectivity index (χ4n) is 7.65. The molecule has 1 atom stereocenters. The summed E-state index contributed by atoms with van der Waals surface area (Å²) in [6.07, 6.45) is -0.297. The molecule has 6 aromatic rings. The first-order chi connectivity index (χ1) is 25.8. The van der Waals surface area contributed by atoms with Crippen LogP contribution >= 0.6 is 0 Å². The summed E-state index contributed by atoms with van der Waals surface area (Å²) in [6.45, 7) is 10.8. The summed E-state index contributed by atoms with van der Waals surface area (Å²) in [7, 11) is 0. The normalized spacial score (nSPS) is 12.8. The van der Waals surface area contributed by atoms with Crippen LogP contribution in [-0.4, -0.2) is 34.8 Å². The molecule has 54 heavy (non-hydrogen) atoms. The van der Waals surface area contributed by atoms with Gasteiger partial charge in [0.25, 0.3) is 0 Å². The lowest BCUT2D eigenvalue weighted by molar-refractivity contribution is -0.153. The van der Waals surface area contributed by atoms with Gasteiger partial charge >= 0.3 is 12.1 Å². The maximum absolute atomic E-state index is 14.7. The van der Waals surface area contributed by atoms with Crippen molar-refractivity contribution in [2.45, 2.75) is 79.9 Å². The smallest absolute Gasteiger partial charge is 0.422 e. The molecular formula is C45H45F3N2O4. The van der Waals surface area contributed by atoms with Crippen LogP contribution in [0.2, 0.25) is 0 Å². The molecule has 1 heterocycles. The number of carbonyl (C=O) groups is 2. The number of ether oxygens (including phenoxy) is 1. The number of halogens is 3. The molecule has 0 bridgehead atoms. The summed E-state index contributed by atoms with van der Waals surface area (Å²) in [5.74, 6) is -0.414. The predicted octanol–water partition coefficient (Wildman–Crippen LogP) is 11.6. The fourth-order valence-corrected chi connectivity index (χ4v) is 7.65. The van der Waals surface area contributed by atoms with E-state index in [1.54, 1.807) is 18.2 Å². The molecule has 5 aromatic carbocycles. The van der Waals surface area contributed by atoms with E-state index in [9.17, 15) is 22.8 Å². The monoisotopic (exact) mass is 734 g/mol. The number of carbonyl (C=O) groups excluding carboxylic acids is 2. The second kappa shape index (κ2) is 15.9. The van der Waals surface area contributed by atoms with Crippen molar-refractivity contribution in [3.8, 4) is 5.75 Å². The Morgan fingerprint density at radius 3 is 2.17 bits per heavy atom. The van der Waals surface area contributed by atoms with Crippen LogP contribution in [-0.2, 0) is 16.2 Å². The minimum atomic E-state index is -4.57. The molecule has 0 spiro atoms. The van der Waals surface area contributed by atoms with Gasteiger partial charge in [0, 0.05) is 57.4 Å². The zero-order valence-corrected chi connectivity index (χ0v) is 31.6. The van der Waals surface area contributed by atoms with Gasteiger partial charge in [-0.25, -0.2) is 4.79 Å². The molecule has 1 unspecified atom stereocenters. The van der Waals surface area contributed by atoms with Crippen LogP contribution in [0.15, 0.2) is 90.1 Å². The number of fused-ring (bicyclic) bond motifs is 5. The quantitative estimate of drug-likeness (QED) is 0.0513. The average molecular weight is 735 g/mol. The molecule has 0 aliphatic rings. The van der Waals surface area contributed by atoms with E-state index in [1.165, 1.54) is 13.0 Å². The van der Waals surface area contributed by atoms with Crippen molar-refractivity contribution >= 4 is 50.0 Å². The van der Waals surface area contributed by atoms with Gasteiger partial charge < -0.3 is 14.1 Å². The molecule has 280 valence electrons. The van der Waals surface area contributed by atoms with Crippen LogP contribution in [0, 0.1) is 26.7 Å². The highest BCUT2D eigenvalue weighted by atomic mass is 19.4. The molecule has 6 nitrogen and oxygen atoms in total. The maximum atomic E-state index is 14.7. The Morgan fingerprint density at radius 2 is 1.50 bits per heavy atom. The second-order valence-corrected chi connectivity index (χ2v) is 14.2. The Labute approximate surface area is 313 Å². The Morgan fingerprint density at radius 1 is 0.815 bits per heavy atom. The first-order valence-corrected chi connectivity index (χ1v) is 18.5. The van der Waals surface area contributed by atoms with Crippen molar-refractivity contribution in [1.29, 1.82) is 0 Å². The third-order valence-electron chi connectivity index (χ3n) is 10.1. The third kappa shape index (κ3) is 7.91. The molecule has 0 aliphatic heterocycles. The molecule has 0 N–H and O–H groups in total. The van der Waals surface area contributed by atoms with Crippen molar-refractivity contribution in [3.05, 3.63) is 124 Å². The van der Waals surface area contributed by atoms with E-state index >= 15 is 0 Å². The summed E-state index contributed by atoms with van der Waals surface area (Å²) >= 11 is 0. The SMILES string of the molecule is CCCCC(CC)Cn1c2ccc(/C(=N\OC(C)=O)c3ccccc3OCC(F)(F)F)cc2c2cc(C(=O)c3c(C)cc(C)cc3C)c3ccccc3c21. The highest BCUT2D eigenvalue weighted by molar-refractivity contribution is 6.27. The predicted molar refractivity (Wildman–Crippen MR) is 210 cm³/mol. The van der Waals surface area contributed by atoms with Crippen molar-refractivity contribution in [2.75, 3.05) is 6.61 Å². The number of aryl methyl sites for hydroxylation is 3. The lowest BCUT2D eigenvalue weighted by Crippen LogP contribution is -2.20. The van der Waals surface area contributed by atoms with Crippen LogP contribution in [0.5, 0.6) is 5.75 Å². The molecule has 0 fully saturated rings. The van der Waals surface area contributed by atoms with E-state index in [0.717, 1.165) is 81.5 Å². The number of aromatic nitrogens is 1. The number of alkyl halides is 3. The number of para-hydroxylation sites is 1. The number of benzene rings is 5.